The molecule has 29 heavy (non-hydrogen) atoms. The molecule has 1 aliphatic carbocycles. The lowest BCUT2D eigenvalue weighted by molar-refractivity contribution is -0.124. The van der Waals surface area contributed by atoms with E-state index in [9.17, 15) is 9.59 Å². The molecular weight excluding hydrogens is 362 g/mol. The van der Waals surface area contributed by atoms with Crippen LogP contribution in [0.15, 0.2) is 84.9 Å². The molecule has 5 nitrogen and oxygen atoms in total. The minimum atomic E-state index is -0.437. The van der Waals surface area contributed by atoms with Gasteiger partial charge in [0.1, 0.15) is 0 Å². The van der Waals surface area contributed by atoms with Gasteiger partial charge in [-0.05, 0) is 54.8 Å². The van der Waals surface area contributed by atoms with Crippen molar-refractivity contribution >= 4 is 29.0 Å². The topological polar surface area (TPSA) is 70.2 Å². The fourth-order valence-electron chi connectivity index (χ4n) is 3.64. The van der Waals surface area contributed by atoms with Gasteiger partial charge in [0, 0.05) is 17.1 Å². The van der Waals surface area contributed by atoms with Gasteiger partial charge in [-0.25, -0.2) is 4.79 Å². The Hall–Kier alpha value is -3.60. The van der Waals surface area contributed by atoms with Crippen molar-refractivity contribution < 1.29 is 9.59 Å². The van der Waals surface area contributed by atoms with E-state index in [1.807, 2.05) is 60.7 Å². The van der Waals surface area contributed by atoms with Crippen LogP contribution in [0.25, 0.3) is 0 Å². The van der Waals surface area contributed by atoms with Gasteiger partial charge < -0.3 is 16.0 Å². The molecular formula is C24H23N3O2. The van der Waals surface area contributed by atoms with Crippen LogP contribution in [0, 0.1) is 0 Å². The lowest BCUT2D eigenvalue weighted by atomic mass is 9.64. The second-order valence-electron chi connectivity index (χ2n) is 7.28. The first-order valence-corrected chi connectivity index (χ1v) is 9.76. The molecule has 3 N–H and O–H groups in total. The molecule has 0 aliphatic heterocycles. The van der Waals surface area contributed by atoms with Crippen LogP contribution in [0.1, 0.15) is 24.8 Å². The number of carbonyl (C=O) groups excluding carboxylic acids is 2. The molecule has 4 rings (SSSR count). The molecule has 5 heteroatoms. The molecule has 1 aliphatic rings. The van der Waals surface area contributed by atoms with Gasteiger partial charge in [-0.1, -0.05) is 55.0 Å². The standard InChI is InChI=1S/C24H23N3O2/c28-22(24(16-7-17-24)18-8-3-1-4-9-18)25-20-12-14-21(15-13-20)27-23(29)26-19-10-5-2-6-11-19/h1-6,8-15H,7,16-17H2,(H,25,28)(H2,26,27,29). The fraction of sp³-hybridized carbons (Fsp3) is 0.167. The number of hydrogen-bond donors (Lipinski definition) is 3. The lowest BCUT2D eigenvalue weighted by Crippen LogP contribution is -2.45. The maximum atomic E-state index is 13.0. The van der Waals surface area contributed by atoms with E-state index in [1.54, 1.807) is 24.3 Å². The van der Waals surface area contributed by atoms with Crippen LogP contribution in [0.3, 0.4) is 0 Å². The zero-order valence-corrected chi connectivity index (χ0v) is 16.0. The number of benzene rings is 3. The highest BCUT2D eigenvalue weighted by molar-refractivity contribution is 6.01. The highest BCUT2D eigenvalue weighted by atomic mass is 16.2. The van der Waals surface area contributed by atoms with Crippen LogP contribution in [-0.2, 0) is 10.2 Å². The highest BCUT2D eigenvalue weighted by Gasteiger charge is 2.45. The van der Waals surface area contributed by atoms with Gasteiger partial charge in [0.2, 0.25) is 5.91 Å². The third kappa shape index (κ3) is 4.14. The molecule has 0 radical (unpaired) electrons. The number of hydrogen-bond acceptors (Lipinski definition) is 2. The van der Waals surface area contributed by atoms with Crippen molar-refractivity contribution in [1.82, 2.24) is 0 Å². The summed E-state index contributed by atoms with van der Waals surface area (Å²) in [5.41, 5.74) is 2.72. The number of nitrogens with one attached hydrogen (secondary N) is 3. The van der Waals surface area contributed by atoms with E-state index in [1.165, 1.54) is 0 Å². The molecule has 0 bridgehead atoms. The normalized spacial score (nSPS) is 14.3. The SMILES string of the molecule is O=C(Nc1ccccc1)Nc1ccc(NC(=O)C2(c3ccccc3)CCC2)cc1. The van der Waals surface area contributed by atoms with E-state index in [2.05, 4.69) is 16.0 Å². The van der Waals surface area contributed by atoms with Gasteiger partial charge in [-0.2, -0.15) is 0 Å². The molecule has 3 amide bonds. The number of amides is 3. The molecule has 0 spiro atoms. The molecule has 0 aromatic heterocycles. The first-order valence-electron chi connectivity index (χ1n) is 9.76. The summed E-state index contributed by atoms with van der Waals surface area (Å²) >= 11 is 0. The van der Waals surface area contributed by atoms with E-state index in [0.717, 1.165) is 30.5 Å². The third-order valence-electron chi connectivity index (χ3n) is 5.40. The van der Waals surface area contributed by atoms with E-state index < -0.39 is 5.41 Å². The van der Waals surface area contributed by atoms with Crippen molar-refractivity contribution in [3.05, 3.63) is 90.5 Å². The van der Waals surface area contributed by atoms with Gasteiger partial charge in [0.25, 0.3) is 0 Å². The van der Waals surface area contributed by atoms with Gasteiger partial charge in [0.05, 0.1) is 5.41 Å². The molecule has 3 aromatic carbocycles. The maximum absolute atomic E-state index is 13.0. The number of carbonyl (C=O) groups is 2. The summed E-state index contributed by atoms with van der Waals surface area (Å²) in [6.07, 6.45) is 2.78. The van der Waals surface area contributed by atoms with Crippen molar-refractivity contribution in [1.29, 1.82) is 0 Å². The average molecular weight is 385 g/mol. The Kier molecular flexibility index (Phi) is 5.29. The summed E-state index contributed by atoms with van der Waals surface area (Å²) < 4.78 is 0. The zero-order chi connectivity index (χ0) is 20.1. The van der Waals surface area contributed by atoms with E-state index in [-0.39, 0.29) is 11.9 Å². The maximum Gasteiger partial charge on any atom is 0.323 e. The second-order valence-corrected chi connectivity index (χ2v) is 7.28. The minimum absolute atomic E-state index is 0.0254. The Morgan fingerprint density at radius 2 is 1.10 bits per heavy atom. The summed E-state index contributed by atoms with van der Waals surface area (Å²) in [6.45, 7) is 0. The van der Waals surface area contributed by atoms with Crippen LogP contribution >= 0.6 is 0 Å². The molecule has 0 saturated heterocycles. The van der Waals surface area contributed by atoms with E-state index >= 15 is 0 Å². The minimum Gasteiger partial charge on any atom is -0.325 e. The van der Waals surface area contributed by atoms with E-state index in [4.69, 9.17) is 0 Å². The molecule has 1 saturated carbocycles. The Balaban J connectivity index is 1.38. The molecule has 0 atom stereocenters. The Morgan fingerprint density at radius 1 is 0.621 bits per heavy atom. The van der Waals surface area contributed by atoms with Gasteiger partial charge in [-0.15, -0.1) is 0 Å². The molecule has 0 unspecified atom stereocenters. The Labute approximate surface area is 170 Å². The molecule has 146 valence electrons. The Bertz CT molecular complexity index is 982. The van der Waals surface area contributed by atoms with E-state index in [0.29, 0.717) is 11.4 Å². The first kappa shape index (κ1) is 18.7. The monoisotopic (exact) mass is 385 g/mol. The van der Waals surface area contributed by atoms with Crippen molar-refractivity contribution in [3.63, 3.8) is 0 Å². The smallest absolute Gasteiger partial charge is 0.323 e. The number of rotatable bonds is 5. The summed E-state index contributed by atoms with van der Waals surface area (Å²) in [5, 5.41) is 8.59. The number of urea groups is 1. The second kappa shape index (κ2) is 8.19. The number of anilines is 3. The van der Waals surface area contributed by atoms with Gasteiger partial charge >= 0.3 is 6.03 Å². The van der Waals surface area contributed by atoms with Crippen LogP contribution in [0.5, 0.6) is 0 Å². The lowest BCUT2D eigenvalue weighted by Gasteiger charge is -2.40. The summed E-state index contributed by atoms with van der Waals surface area (Å²) in [5.74, 6) is 0.0254. The average Bonchev–Trinajstić information content (AvgIpc) is 2.70. The number of para-hydroxylation sites is 1. The molecule has 1 fully saturated rings. The van der Waals surface area contributed by atoms with Crippen molar-refractivity contribution in [3.8, 4) is 0 Å². The van der Waals surface area contributed by atoms with Gasteiger partial charge in [0.15, 0.2) is 0 Å². The third-order valence-corrected chi connectivity index (χ3v) is 5.40. The fourth-order valence-corrected chi connectivity index (χ4v) is 3.64. The van der Waals surface area contributed by atoms with Crippen molar-refractivity contribution in [2.75, 3.05) is 16.0 Å². The van der Waals surface area contributed by atoms with Crippen LogP contribution < -0.4 is 16.0 Å². The summed E-state index contributed by atoms with van der Waals surface area (Å²) in [7, 11) is 0. The first-order chi connectivity index (χ1) is 14.2. The quantitative estimate of drug-likeness (QED) is 0.551. The highest BCUT2D eigenvalue weighted by Crippen LogP contribution is 2.44. The summed E-state index contributed by atoms with van der Waals surface area (Å²) in [6, 6.07) is 26.0. The van der Waals surface area contributed by atoms with Crippen LogP contribution in [-0.4, -0.2) is 11.9 Å². The zero-order valence-electron chi connectivity index (χ0n) is 16.0. The van der Waals surface area contributed by atoms with Gasteiger partial charge in [-0.3, -0.25) is 4.79 Å². The molecule has 3 aromatic rings. The van der Waals surface area contributed by atoms with Crippen molar-refractivity contribution in [2.24, 2.45) is 0 Å². The van der Waals surface area contributed by atoms with Crippen LogP contribution in [0.4, 0.5) is 21.9 Å². The summed E-state index contributed by atoms with van der Waals surface area (Å²) in [4.78, 5) is 25.1. The van der Waals surface area contributed by atoms with Crippen molar-refractivity contribution in [2.45, 2.75) is 24.7 Å². The molecule has 0 heterocycles. The van der Waals surface area contributed by atoms with Crippen LogP contribution in [0.2, 0.25) is 0 Å². The predicted molar refractivity (Wildman–Crippen MR) is 116 cm³/mol. The largest absolute Gasteiger partial charge is 0.325 e. The Morgan fingerprint density at radius 3 is 1.62 bits per heavy atom. The predicted octanol–water partition coefficient (Wildman–Crippen LogP) is 5.39.